The fourth-order valence-corrected chi connectivity index (χ4v) is 3.45. The molecule has 0 saturated heterocycles. The van der Waals surface area contributed by atoms with E-state index in [1.165, 1.54) is 0 Å². The molecule has 0 aromatic carbocycles. The van der Waals surface area contributed by atoms with Crippen molar-refractivity contribution in [1.29, 1.82) is 0 Å². The topological polar surface area (TPSA) is 80.4 Å². The molecule has 0 aromatic heterocycles. The van der Waals surface area contributed by atoms with E-state index in [-0.39, 0.29) is 16.6 Å². The number of Topliss-reactive ketones (excluding diaryl/α,β-unsaturated/α-hetero) is 1. The minimum atomic E-state index is -1.43. The summed E-state index contributed by atoms with van der Waals surface area (Å²) >= 11 is 0. The summed E-state index contributed by atoms with van der Waals surface area (Å²) in [5.74, 6) is -1.21. The maximum Gasteiger partial charge on any atom is 0.282 e. The Labute approximate surface area is 100 Å². The second-order valence-corrected chi connectivity index (χ2v) is 5.46. The predicted octanol–water partition coefficient (Wildman–Crippen LogP) is 1.55. The standard InChI is InChI=1S/C12H19NO4/c1-8-7-10(14)9-5-3-2-4-6-12(8,11(9)15)13(16)17/h8-10,14H,2-7H2,1H3/t8-,9+,10-,12+/m1/s1. The Morgan fingerprint density at radius 2 is 2.12 bits per heavy atom. The lowest BCUT2D eigenvalue weighted by Crippen LogP contribution is -2.60. The van der Waals surface area contributed by atoms with Crippen LogP contribution in [0.25, 0.3) is 0 Å². The molecule has 0 spiro atoms. The van der Waals surface area contributed by atoms with Gasteiger partial charge in [-0.3, -0.25) is 14.9 Å². The van der Waals surface area contributed by atoms with Crippen molar-refractivity contribution in [3.63, 3.8) is 0 Å². The highest BCUT2D eigenvalue weighted by Gasteiger charge is 2.61. The quantitative estimate of drug-likeness (QED) is 0.558. The number of nitro groups is 1. The van der Waals surface area contributed by atoms with Gasteiger partial charge in [0.05, 0.1) is 12.0 Å². The van der Waals surface area contributed by atoms with Crippen molar-refractivity contribution < 1.29 is 14.8 Å². The molecule has 1 N–H and O–H groups in total. The first-order valence-electron chi connectivity index (χ1n) is 6.37. The average Bonchev–Trinajstić information content (AvgIpc) is 2.23. The molecule has 2 rings (SSSR count). The van der Waals surface area contributed by atoms with Crippen LogP contribution in [-0.2, 0) is 4.79 Å². The molecule has 0 aliphatic heterocycles. The van der Waals surface area contributed by atoms with Gasteiger partial charge in [-0.05, 0) is 19.3 Å². The van der Waals surface area contributed by atoms with Crippen LogP contribution in [0.1, 0.15) is 45.4 Å². The van der Waals surface area contributed by atoms with Gasteiger partial charge in [0.25, 0.3) is 5.54 Å². The summed E-state index contributed by atoms with van der Waals surface area (Å²) in [7, 11) is 0. The van der Waals surface area contributed by atoms with Crippen LogP contribution in [0.2, 0.25) is 0 Å². The van der Waals surface area contributed by atoms with Gasteiger partial charge in [0, 0.05) is 17.3 Å². The minimum Gasteiger partial charge on any atom is -0.392 e. The van der Waals surface area contributed by atoms with Crippen molar-refractivity contribution in [3.8, 4) is 0 Å². The number of ketones is 1. The van der Waals surface area contributed by atoms with E-state index in [0.717, 1.165) is 19.3 Å². The molecule has 5 nitrogen and oxygen atoms in total. The Morgan fingerprint density at radius 1 is 1.41 bits per heavy atom. The molecule has 0 aromatic rings. The highest BCUT2D eigenvalue weighted by Crippen LogP contribution is 2.43. The Kier molecular flexibility index (Phi) is 3.21. The van der Waals surface area contributed by atoms with Crippen molar-refractivity contribution in [2.75, 3.05) is 0 Å². The van der Waals surface area contributed by atoms with E-state index < -0.39 is 17.6 Å². The summed E-state index contributed by atoms with van der Waals surface area (Å²) in [5.41, 5.74) is -1.43. The maximum absolute atomic E-state index is 12.4. The first-order chi connectivity index (χ1) is 8.00. The minimum absolute atomic E-state index is 0.326. The van der Waals surface area contributed by atoms with Gasteiger partial charge in [-0.25, -0.2) is 0 Å². The summed E-state index contributed by atoms with van der Waals surface area (Å²) in [6.45, 7) is 1.72. The molecular weight excluding hydrogens is 222 g/mol. The summed E-state index contributed by atoms with van der Waals surface area (Å²) in [4.78, 5) is 23.4. The van der Waals surface area contributed by atoms with Crippen LogP contribution in [0.5, 0.6) is 0 Å². The third-order valence-electron chi connectivity index (χ3n) is 4.54. The molecule has 0 radical (unpaired) electrons. The number of carbonyl (C=O) groups is 1. The molecule has 2 aliphatic carbocycles. The third-order valence-corrected chi connectivity index (χ3v) is 4.54. The first kappa shape index (κ1) is 12.5. The maximum atomic E-state index is 12.4. The van der Waals surface area contributed by atoms with E-state index in [1.807, 2.05) is 0 Å². The lowest BCUT2D eigenvalue weighted by Gasteiger charge is -2.41. The third kappa shape index (κ3) is 1.76. The molecule has 0 heterocycles. The monoisotopic (exact) mass is 241 g/mol. The fourth-order valence-electron chi connectivity index (χ4n) is 3.45. The second-order valence-electron chi connectivity index (χ2n) is 5.46. The van der Waals surface area contributed by atoms with Gasteiger partial charge in [0.1, 0.15) is 0 Å². The average molecular weight is 241 g/mol. The molecule has 2 saturated carbocycles. The lowest BCUT2D eigenvalue weighted by atomic mass is 9.63. The number of aliphatic hydroxyl groups is 1. The van der Waals surface area contributed by atoms with E-state index in [4.69, 9.17) is 0 Å². The van der Waals surface area contributed by atoms with Crippen LogP contribution in [0.4, 0.5) is 0 Å². The zero-order chi connectivity index (χ0) is 12.6. The number of rotatable bonds is 1. The number of carbonyl (C=O) groups excluding carboxylic acids is 1. The highest BCUT2D eigenvalue weighted by atomic mass is 16.6. The molecule has 0 unspecified atom stereocenters. The van der Waals surface area contributed by atoms with Gasteiger partial charge in [0.2, 0.25) is 5.78 Å². The van der Waals surface area contributed by atoms with Crippen molar-refractivity contribution in [1.82, 2.24) is 0 Å². The first-order valence-corrected chi connectivity index (χ1v) is 6.37. The van der Waals surface area contributed by atoms with E-state index in [9.17, 15) is 20.0 Å². The molecular formula is C12H19NO4. The van der Waals surface area contributed by atoms with Crippen molar-refractivity contribution in [3.05, 3.63) is 10.1 Å². The Balaban J connectivity index is 2.41. The molecule has 4 atom stereocenters. The van der Waals surface area contributed by atoms with Gasteiger partial charge in [-0.1, -0.05) is 19.8 Å². The molecule has 5 heteroatoms. The largest absolute Gasteiger partial charge is 0.392 e. The van der Waals surface area contributed by atoms with E-state index in [0.29, 0.717) is 19.3 Å². The van der Waals surface area contributed by atoms with Crippen LogP contribution in [0.15, 0.2) is 0 Å². The zero-order valence-corrected chi connectivity index (χ0v) is 10.1. The van der Waals surface area contributed by atoms with Crippen molar-refractivity contribution >= 4 is 5.78 Å². The van der Waals surface area contributed by atoms with Crippen LogP contribution in [-0.4, -0.2) is 27.5 Å². The number of nitrogens with zero attached hydrogens (tertiary/aromatic N) is 1. The molecule has 2 aliphatic rings. The van der Waals surface area contributed by atoms with Gasteiger partial charge in [-0.15, -0.1) is 0 Å². The van der Waals surface area contributed by atoms with Crippen molar-refractivity contribution in [2.24, 2.45) is 11.8 Å². The molecule has 96 valence electrons. The zero-order valence-electron chi connectivity index (χ0n) is 10.1. The Bertz CT molecular complexity index is 343. The van der Waals surface area contributed by atoms with Gasteiger partial charge < -0.3 is 5.11 Å². The Morgan fingerprint density at radius 3 is 2.76 bits per heavy atom. The SMILES string of the molecule is C[C@@H]1C[C@@H](O)[C@@H]2CCCCC[C@@]1([N+](=O)[O-])C2=O. The number of aliphatic hydroxyl groups excluding tert-OH is 1. The van der Waals surface area contributed by atoms with Crippen LogP contribution in [0, 0.1) is 22.0 Å². The molecule has 17 heavy (non-hydrogen) atoms. The van der Waals surface area contributed by atoms with E-state index in [1.54, 1.807) is 6.92 Å². The highest BCUT2D eigenvalue weighted by molar-refractivity contribution is 5.91. The van der Waals surface area contributed by atoms with E-state index in [2.05, 4.69) is 0 Å². The van der Waals surface area contributed by atoms with Gasteiger partial charge in [-0.2, -0.15) is 0 Å². The summed E-state index contributed by atoms with van der Waals surface area (Å²) in [6.07, 6.45) is 3.15. The molecule has 2 bridgehead atoms. The number of hydrogen-bond donors (Lipinski definition) is 1. The van der Waals surface area contributed by atoms with Crippen LogP contribution < -0.4 is 0 Å². The number of fused-ring (bicyclic) bond motifs is 2. The summed E-state index contributed by atoms with van der Waals surface area (Å²) in [5, 5.41) is 21.3. The van der Waals surface area contributed by atoms with Gasteiger partial charge >= 0.3 is 0 Å². The van der Waals surface area contributed by atoms with Crippen LogP contribution >= 0.6 is 0 Å². The molecule has 2 fully saturated rings. The summed E-state index contributed by atoms with van der Waals surface area (Å²) in [6, 6.07) is 0. The predicted molar refractivity (Wildman–Crippen MR) is 61.1 cm³/mol. The normalized spacial score (nSPS) is 42.7. The summed E-state index contributed by atoms with van der Waals surface area (Å²) < 4.78 is 0. The van der Waals surface area contributed by atoms with Crippen molar-refractivity contribution in [2.45, 2.75) is 57.1 Å². The Hall–Kier alpha value is -0.970. The van der Waals surface area contributed by atoms with Crippen LogP contribution in [0.3, 0.4) is 0 Å². The van der Waals surface area contributed by atoms with Gasteiger partial charge in [0.15, 0.2) is 0 Å². The smallest absolute Gasteiger partial charge is 0.282 e. The molecule has 0 amide bonds. The second kappa shape index (κ2) is 4.37. The lowest BCUT2D eigenvalue weighted by molar-refractivity contribution is -0.567. The number of hydrogen-bond acceptors (Lipinski definition) is 4. The fraction of sp³-hybridized carbons (Fsp3) is 0.917. The van der Waals surface area contributed by atoms with E-state index >= 15 is 0 Å².